The second-order valence-corrected chi connectivity index (χ2v) is 7.49. The zero-order chi connectivity index (χ0) is 22.1. The van der Waals surface area contributed by atoms with Crippen molar-refractivity contribution in [3.05, 3.63) is 65.7 Å². The molecule has 2 aromatic rings. The minimum absolute atomic E-state index is 0.347. The quantitative estimate of drug-likeness (QED) is 0.589. The largest absolute Gasteiger partial charge is 0.497 e. The van der Waals surface area contributed by atoms with Crippen LogP contribution in [0.2, 0.25) is 0 Å². The Morgan fingerprint density at radius 3 is 2.39 bits per heavy atom. The first-order valence-corrected chi connectivity index (χ1v) is 10.7. The van der Waals surface area contributed by atoms with Gasteiger partial charge in [0.05, 0.1) is 7.11 Å². The molecule has 0 aliphatic carbocycles. The van der Waals surface area contributed by atoms with Crippen LogP contribution in [0.25, 0.3) is 5.57 Å². The fraction of sp³-hybridized carbons (Fsp3) is 0.400. The van der Waals surface area contributed by atoms with Crippen molar-refractivity contribution in [2.75, 3.05) is 40.0 Å². The van der Waals surface area contributed by atoms with Gasteiger partial charge in [-0.1, -0.05) is 30.3 Å². The molecule has 0 saturated carbocycles. The summed E-state index contributed by atoms with van der Waals surface area (Å²) in [6.45, 7) is 5.57. The van der Waals surface area contributed by atoms with E-state index < -0.39 is 12.1 Å². The first kappa shape index (κ1) is 22.8. The molecule has 1 unspecified atom stereocenters. The Labute approximate surface area is 184 Å². The van der Waals surface area contributed by atoms with Crippen LogP contribution < -0.4 is 9.47 Å². The minimum atomic E-state index is -0.937. The van der Waals surface area contributed by atoms with Crippen LogP contribution in [0.15, 0.2) is 54.6 Å². The zero-order valence-electron chi connectivity index (χ0n) is 18.3. The molecule has 0 spiro atoms. The lowest BCUT2D eigenvalue weighted by atomic mass is 9.99. The third kappa shape index (κ3) is 6.84. The summed E-state index contributed by atoms with van der Waals surface area (Å²) in [6.07, 6.45) is 2.84. The van der Waals surface area contributed by atoms with Gasteiger partial charge in [-0.25, -0.2) is 4.79 Å². The van der Waals surface area contributed by atoms with Gasteiger partial charge in [-0.15, -0.1) is 0 Å². The Hall–Kier alpha value is -2.83. The summed E-state index contributed by atoms with van der Waals surface area (Å²) >= 11 is 0. The number of hydrogen-bond donors (Lipinski definition) is 1. The van der Waals surface area contributed by atoms with E-state index >= 15 is 0 Å². The highest BCUT2D eigenvalue weighted by atomic mass is 16.5. The molecule has 1 atom stereocenters. The Morgan fingerprint density at radius 2 is 1.81 bits per heavy atom. The first-order chi connectivity index (χ1) is 15.1. The van der Waals surface area contributed by atoms with Crippen LogP contribution in [-0.2, 0) is 16.0 Å². The van der Waals surface area contributed by atoms with Gasteiger partial charge in [0, 0.05) is 32.7 Å². The van der Waals surface area contributed by atoms with Crippen LogP contribution in [0, 0.1) is 0 Å². The van der Waals surface area contributed by atoms with Crippen molar-refractivity contribution in [1.29, 1.82) is 0 Å². The van der Waals surface area contributed by atoms with E-state index in [1.165, 1.54) is 11.1 Å². The fourth-order valence-electron chi connectivity index (χ4n) is 3.63. The molecule has 1 aliphatic rings. The number of rotatable bonds is 11. The summed E-state index contributed by atoms with van der Waals surface area (Å²) in [5, 5.41) is 9.20. The number of benzene rings is 2. The molecule has 1 aliphatic heterocycles. The first-order valence-electron chi connectivity index (χ1n) is 10.7. The molecule has 2 aromatic carbocycles. The van der Waals surface area contributed by atoms with Crippen LogP contribution in [0.5, 0.6) is 11.5 Å². The number of carboxylic acids is 1. The molecule has 166 valence electrons. The second-order valence-electron chi connectivity index (χ2n) is 7.49. The second kappa shape index (κ2) is 11.5. The van der Waals surface area contributed by atoms with Crippen molar-refractivity contribution in [3.63, 3.8) is 0 Å². The topological polar surface area (TPSA) is 68.2 Å². The van der Waals surface area contributed by atoms with E-state index in [1.54, 1.807) is 14.0 Å². The molecule has 0 saturated heterocycles. The maximum absolute atomic E-state index is 11.2. The van der Waals surface area contributed by atoms with Crippen molar-refractivity contribution in [1.82, 2.24) is 4.90 Å². The standard InChI is InChI=1S/C25H31NO5/c1-3-30-24(25(27)28)18-19-4-8-23(9-5-19)31-17-16-26-14-12-21(13-15-26)20-6-10-22(29-2)11-7-20/h4-12,24H,3,13-18H2,1-2H3,(H,27,28). The monoisotopic (exact) mass is 425 g/mol. The normalized spacial score (nSPS) is 15.2. The Kier molecular flexibility index (Phi) is 8.50. The van der Waals surface area contributed by atoms with Crippen LogP contribution in [-0.4, -0.2) is 62.0 Å². The van der Waals surface area contributed by atoms with E-state index in [1.807, 2.05) is 36.4 Å². The van der Waals surface area contributed by atoms with E-state index in [2.05, 4.69) is 23.1 Å². The highest BCUT2D eigenvalue weighted by Crippen LogP contribution is 2.24. The highest BCUT2D eigenvalue weighted by molar-refractivity contribution is 5.72. The maximum Gasteiger partial charge on any atom is 0.333 e. The average Bonchev–Trinajstić information content (AvgIpc) is 2.80. The number of aliphatic carboxylic acids is 1. The molecule has 6 nitrogen and oxygen atoms in total. The molecule has 0 aromatic heterocycles. The maximum atomic E-state index is 11.2. The molecular formula is C25H31NO5. The number of ether oxygens (including phenoxy) is 3. The number of carbonyl (C=O) groups is 1. The van der Waals surface area contributed by atoms with E-state index in [9.17, 15) is 9.90 Å². The lowest BCUT2D eigenvalue weighted by Crippen LogP contribution is -2.32. The summed E-state index contributed by atoms with van der Waals surface area (Å²) in [4.78, 5) is 13.6. The molecule has 31 heavy (non-hydrogen) atoms. The average molecular weight is 426 g/mol. The van der Waals surface area contributed by atoms with Crippen molar-refractivity contribution < 1.29 is 24.1 Å². The lowest BCUT2D eigenvalue weighted by molar-refractivity contribution is -0.149. The van der Waals surface area contributed by atoms with E-state index in [0.29, 0.717) is 19.6 Å². The van der Waals surface area contributed by atoms with E-state index in [-0.39, 0.29) is 0 Å². The predicted molar refractivity (Wildman–Crippen MR) is 121 cm³/mol. The van der Waals surface area contributed by atoms with E-state index in [0.717, 1.165) is 43.1 Å². The lowest BCUT2D eigenvalue weighted by Gasteiger charge is -2.26. The number of carboxylic acid groups (broad SMARTS) is 1. The third-order valence-electron chi connectivity index (χ3n) is 5.42. The van der Waals surface area contributed by atoms with Crippen molar-refractivity contribution in [2.45, 2.75) is 25.9 Å². The van der Waals surface area contributed by atoms with Gasteiger partial charge in [0.25, 0.3) is 0 Å². The molecule has 0 radical (unpaired) electrons. The molecule has 0 fully saturated rings. The summed E-state index contributed by atoms with van der Waals surface area (Å²) < 4.78 is 16.4. The summed E-state index contributed by atoms with van der Waals surface area (Å²) in [5.41, 5.74) is 3.55. The van der Waals surface area contributed by atoms with Crippen LogP contribution in [0.1, 0.15) is 24.5 Å². The van der Waals surface area contributed by atoms with Gasteiger partial charge >= 0.3 is 5.97 Å². The Bertz CT molecular complexity index is 860. The smallest absolute Gasteiger partial charge is 0.333 e. The molecule has 1 heterocycles. The van der Waals surface area contributed by atoms with Gasteiger partial charge in [-0.2, -0.15) is 0 Å². The fourth-order valence-corrected chi connectivity index (χ4v) is 3.63. The van der Waals surface area contributed by atoms with Gasteiger partial charge in [0.1, 0.15) is 18.1 Å². The van der Waals surface area contributed by atoms with E-state index in [4.69, 9.17) is 14.2 Å². The number of methoxy groups -OCH3 is 1. The Balaban J connectivity index is 1.42. The third-order valence-corrected chi connectivity index (χ3v) is 5.42. The molecule has 0 bridgehead atoms. The van der Waals surface area contributed by atoms with Gasteiger partial charge in [0.15, 0.2) is 6.10 Å². The molecule has 0 amide bonds. The highest BCUT2D eigenvalue weighted by Gasteiger charge is 2.18. The summed E-state index contributed by atoms with van der Waals surface area (Å²) in [6, 6.07) is 15.8. The number of hydrogen-bond acceptors (Lipinski definition) is 5. The van der Waals surface area contributed by atoms with Gasteiger partial charge in [-0.05, 0) is 54.3 Å². The van der Waals surface area contributed by atoms with Crippen molar-refractivity contribution >= 4 is 11.5 Å². The molecule has 6 heteroatoms. The Morgan fingerprint density at radius 1 is 1.10 bits per heavy atom. The SMILES string of the molecule is CCOC(Cc1ccc(OCCN2CC=C(c3ccc(OC)cc3)CC2)cc1)C(=O)O. The van der Waals surface area contributed by atoms with Crippen LogP contribution >= 0.6 is 0 Å². The van der Waals surface area contributed by atoms with Crippen molar-refractivity contribution in [3.8, 4) is 11.5 Å². The van der Waals surface area contributed by atoms with Crippen molar-refractivity contribution in [2.24, 2.45) is 0 Å². The summed E-state index contributed by atoms with van der Waals surface area (Å²) in [5.74, 6) is 0.731. The summed E-state index contributed by atoms with van der Waals surface area (Å²) in [7, 11) is 1.68. The van der Waals surface area contributed by atoms with Gasteiger partial charge in [-0.3, -0.25) is 4.90 Å². The van der Waals surface area contributed by atoms with Gasteiger partial charge < -0.3 is 19.3 Å². The molecule has 3 rings (SSSR count). The predicted octanol–water partition coefficient (Wildman–Crippen LogP) is 3.90. The number of nitrogens with zero attached hydrogens (tertiary/aromatic N) is 1. The van der Waals surface area contributed by atoms with Crippen LogP contribution in [0.4, 0.5) is 0 Å². The van der Waals surface area contributed by atoms with Crippen LogP contribution in [0.3, 0.4) is 0 Å². The molecular weight excluding hydrogens is 394 g/mol. The minimum Gasteiger partial charge on any atom is -0.497 e. The molecule has 1 N–H and O–H groups in total. The van der Waals surface area contributed by atoms with Gasteiger partial charge in [0.2, 0.25) is 0 Å². The zero-order valence-corrected chi connectivity index (χ0v) is 18.3.